The molecule has 2 aliphatic heterocycles. The Hall–Kier alpha value is -2.40. The van der Waals surface area contributed by atoms with E-state index in [0.717, 1.165) is 47.2 Å². The second kappa shape index (κ2) is 6.24. The van der Waals surface area contributed by atoms with E-state index < -0.39 is 0 Å². The second-order valence-electron chi connectivity index (χ2n) is 6.13. The zero-order valence-corrected chi connectivity index (χ0v) is 14.0. The molecule has 2 heterocycles. The predicted molar refractivity (Wildman–Crippen MR) is 90.0 cm³/mol. The van der Waals surface area contributed by atoms with Crippen molar-refractivity contribution < 1.29 is 18.9 Å². The van der Waals surface area contributed by atoms with E-state index in [9.17, 15) is 0 Å². The molecule has 2 aromatic rings. The largest absolute Gasteiger partial charge is 0.497 e. The van der Waals surface area contributed by atoms with Crippen LogP contribution >= 0.6 is 0 Å². The molecule has 0 saturated carbocycles. The Balaban J connectivity index is 1.66. The minimum atomic E-state index is 0.210. The van der Waals surface area contributed by atoms with Crippen molar-refractivity contribution >= 4 is 0 Å². The highest BCUT2D eigenvalue weighted by Crippen LogP contribution is 2.34. The van der Waals surface area contributed by atoms with Gasteiger partial charge in [0.2, 0.25) is 0 Å². The zero-order valence-electron chi connectivity index (χ0n) is 14.0. The van der Waals surface area contributed by atoms with Gasteiger partial charge in [0.05, 0.1) is 20.3 Å². The number of fused-ring (bicyclic) bond motifs is 3. The normalized spacial score (nSPS) is 17.2. The van der Waals surface area contributed by atoms with Crippen molar-refractivity contribution in [3.8, 4) is 23.0 Å². The van der Waals surface area contributed by atoms with Gasteiger partial charge in [-0.05, 0) is 36.4 Å². The van der Waals surface area contributed by atoms with Crippen molar-refractivity contribution in [1.82, 2.24) is 4.90 Å². The van der Waals surface area contributed by atoms with E-state index in [1.54, 1.807) is 14.2 Å². The number of methoxy groups -OCH3 is 2. The zero-order chi connectivity index (χ0) is 16.5. The number of rotatable bonds is 2. The molecule has 0 radical (unpaired) electrons. The van der Waals surface area contributed by atoms with Crippen molar-refractivity contribution in [2.75, 3.05) is 27.4 Å². The highest BCUT2D eigenvalue weighted by molar-refractivity contribution is 5.43. The standard InChI is InChI=1S/C19H21NO4/c1-21-16-3-5-18-13(7-16)9-20-10-14-8-17(22-2)4-6-19(14)24-12-15(20)11-23-18/h3-8,15H,9-12H2,1-2H3. The Bertz CT molecular complexity index is 685. The van der Waals surface area contributed by atoms with Crippen LogP contribution in [0.25, 0.3) is 0 Å². The summed E-state index contributed by atoms with van der Waals surface area (Å²) >= 11 is 0. The molecule has 4 rings (SSSR count). The predicted octanol–water partition coefficient (Wildman–Crippen LogP) is 2.86. The van der Waals surface area contributed by atoms with Gasteiger partial charge in [-0.25, -0.2) is 0 Å². The van der Waals surface area contributed by atoms with Gasteiger partial charge in [-0.15, -0.1) is 0 Å². The molecule has 5 heteroatoms. The SMILES string of the molecule is COc1ccc2c(c1)CN1Cc3cc(OC)ccc3OCC1CO2. The molecule has 0 spiro atoms. The molecule has 126 valence electrons. The molecule has 0 amide bonds. The third-order valence-electron chi connectivity index (χ3n) is 4.66. The summed E-state index contributed by atoms with van der Waals surface area (Å²) in [5, 5.41) is 0. The Kier molecular flexibility index (Phi) is 3.94. The van der Waals surface area contributed by atoms with Gasteiger partial charge in [0.1, 0.15) is 36.2 Å². The van der Waals surface area contributed by atoms with Crippen molar-refractivity contribution in [3.05, 3.63) is 47.5 Å². The van der Waals surface area contributed by atoms with E-state index in [-0.39, 0.29) is 6.04 Å². The van der Waals surface area contributed by atoms with E-state index in [4.69, 9.17) is 18.9 Å². The van der Waals surface area contributed by atoms with Crippen molar-refractivity contribution in [2.24, 2.45) is 0 Å². The summed E-state index contributed by atoms with van der Waals surface area (Å²) in [4.78, 5) is 2.40. The van der Waals surface area contributed by atoms with Crippen LogP contribution in [0, 0.1) is 0 Å². The van der Waals surface area contributed by atoms with Crippen LogP contribution < -0.4 is 18.9 Å². The molecule has 0 bridgehead atoms. The van der Waals surface area contributed by atoms with Crippen LogP contribution in [-0.2, 0) is 13.1 Å². The quantitative estimate of drug-likeness (QED) is 0.848. The van der Waals surface area contributed by atoms with E-state index in [2.05, 4.69) is 17.0 Å². The number of hydrogen-bond acceptors (Lipinski definition) is 5. The summed E-state index contributed by atoms with van der Waals surface area (Å²) in [5.41, 5.74) is 2.28. The fourth-order valence-corrected chi connectivity index (χ4v) is 3.28. The van der Waals surface area contributed by atoms with E-state index in [1.807, 2.05) is 24.3 Å². The molecule has 2 aliphatic rings. The summed E-state index contributed by atoms with van der Waals surface area (Å²) in [6.45, 7) is 2.84. The summed E-state index contributed by atoms with van der Waals surface area (Å²) in [6.07, 6.45) is 0. The molecular formula is C19H21NO4. The highest BCUT2D eigenvalue weighted by atomic mass is 16.5. The van der Waals surface area contributed by atoms with Crippen molar-refractivity contribution in [1.29, 1.82) is 0 Å². The van der Waals surface area contributed by atoms with E-state index in [1.165, 1.54) is 0 Å². The van der Waals surface area contributed by atoms with Crippen LogP contribution in [-0.4, -0.2) is 38.4 Å². The number of benzene rings is 2. The van der Waals surface area contributed by atoms with Crippen LogP contribution in [0.2, 0.25) is 0 Å². The van der Waals surface area contributed by atoms with Crippen molar-refractivity contribution in [2.45, 2.75) is 19.1 Å². The van der Waals surface area contributed by atoms with Gasteiger partial charge >= 0.3 is 0 Å². The molecule has 0 N–H and O–H groups in total. The van der Waals surface area contributed by atoms with E-state index in [0.29, 0.717) is 13.2 Å². The van der Waals surface area contributed by atoms with Crippen LogP contribution in [0.4, 0.5) is 0 Å². The minimum Gasteiger partial charge on any atom is -0.497 e. The summed E-state index contributed by atoms with van der Waals surface area (Å²) in [5.74, 6) is 3.55. The van der Waals surface area contributed by atoms with Crippen LogP contribution in [0.1, 0.15) is 11.1 Å². The Labute approximate surface area is 141 Å². The van der Waals surface area contributed by atoms with Gasteiger partial charge in [0, 0.05) is 24.2 Å². The molecule has 0 unspecified atom stereocenters. The molecule has 0 aromatic heterocycles. The first-order chi connectivity index (χ1) is 11.8. The average molecular weight is 327 g/mol. The van der Waals surface area contributed by atoms with Crippen LogP contribution in [0.5, 0.6) is 23.0 Å². The summed E-state index contributed by atoms with van der Waals surface area (Å²) in [6, 6.07) is 12.2. The number of hydrogen-bond donors (Lipinski definition) is 0. The lowest BCUT2D eigenvalue weighted by atomic mass is 10.1. The monoisotopic (exact) mass is 327 g/mol. The van der Waals surface area contributed by atoms with Gasteiger partial charge < -0.3 is 18.9 Å². The Morgan fingerprint density at radius 1 is 0.833 bits per heavy atom. The molecule has 0 fully saturated rings. The molecule has 2 aromatic carbocycles. The lowest BCUT2D eigenvalue weighted by molar-refractivity contribution is 0.106. The Morgan fingerprint density at radius 2 is 1.33 bits per heavy atom. The minimum absolute atomic E-state index is 0.210. The maximum atomic E-state index is 6.01. The molecule has 5 nitrogen and oxygen atoms in total. The first-order valence-electron chi connectivity index (χ1n) is 8.10. The lowest BCUT2D eigenvalue weighted by Crippen LogP contribution is -2.39. The van der Waals surface area contributed by atoms with Crippen LogP contribution in [0.15, 0.2) is 36.4 Å². The first kappa shape index (κ1) is 15.1. The van der Waals surface area contributed by atoms with Gasteiger partial charge in [-0.1, -0.05) is 0 Å². The molecule has 0 aliphatic carbocycles. The fraction of sp³-hybridized carbons (Fsp3) is 0.368. The maximum absolute atomic E-state index is 6.01. The van der Waals surface area contributed by atoms with Crippen molar-refractivity contribution in [3.63, 3.8) is 0 Å². The number of ether oxygens (including phenoxy) is 4. The summed E-state index contributed by atoms with van der Waals surface area (Å²) < 4.78 is 22.7. The topological polar surface area (TPSA) is 40.2 Å². The lowest BCUT2D eigenvalue weighted by Gasteiger charge is -2.25. The fourth-order valence-electron chi connectivity index (χ4n) is 3.28. The Morgan fingerprint density at radius 3 is 1.79 bits per heavy atom. The van der Waals surface area contributed by atoms with Crippen LogP contribution in [0.3, 0.4) is 0 Å². The summed E-state index contributed by atoms with van der Waals surface area (Å²) in [7, 11) is 3.37. The third-order valence-corrected chi connectivity index (χ3v) is 4.66. The first-order valence-corrected chi connectivity index (χ1v) is 8.10. The van der Waals surface area contributed by atoms with Gasteiger partial charge in [-0.2, -0.15) is 0 Å². The molecular weight excluding hydrogens is 306 g/mol. The molecule has 0 saturated heterocycles. The average Bonchev–Trinajstić information content (AvgIpc) is 2.89. The smallest absolute Gasteiger partial charge is 0.124 e. The highest BCUT2D eigenvalue weighted by Gasteiger charge is 2.29. The molecule has 0 atom stereocenters. The van der Waals surface area contributed by atoms with Gasteiger partial charge in [0.15, 0.2) is 0 Å². The number of nitrogens with zero attached hydrogens (tertiary/aromatic N) is 1. The molecule has 24 heavy (non-hydrogen) atoms. The second-order valence-corrected chi connectivity index (χ2v) is 6.13. The van der Waals surface area contributed by atoms with E-state index >= 15 is 0 Å². The maximum Gasteiger partial charge on any atom is 0.124 e. The van der Waals surface area contributed by atoms with Gasteiger partial charge in [0.25, 0.3) is 0 Å². The van der Waals surface area contributed by atoms with Gasteiger partial charge in [-0.3, -0.25) is 4.90 Å². The third kappa shape index (κ3) is 2.76.